The molecule has 0 bridgehead atoms. The number of rotatable bonds is 5. The van der Waals surface area contributed by atoms with Gasteiger partial charge in [0.05, 0.1) is 6.42 Å². The summed E-state index contributed by atoms with van der Waals surface area (Å²) in [4.78, 5) is 25.5. The van der Waals surface area contributed by atoms with Gasteiger partial charge in [0.25, 0.3) is 5.91 Å². The smallest absolute Gasteiger partial charge is 0.260 e. The van der Waals surface area contributed by atoms with E-state index in [1.807, 2.05) is 24.3 Å². The van der Waals surface area contributed by atoms with Gasteiger partial charge in [-0.3, -0.25) is 14.5 Å². The van der Waals surface area contributed by atoms with Crippen LogP contribution in [0.5, 0.6) is 0 Å². The lowest BCUT2D eigenvalue weighted by Gasteiger charge is -2.26. The monoisotopic (exact) mass is 243 g/mol. The van der Waals surface area contributed by atoms with Crippen LogP contribution in [0.25, 0.3) is 0 Å². The molecule has 0 saturated heterocycles. The van der Waals surface area contributed by atoms with E-state index in [0.717, 1.165) is 24.8 Å². The highest BCUT2D eigenvalue weighted by Gasteiger charge is 2.29. The van der Waals surface area contributed by atoms with Crippen molar-refractivity contribution in [2.24, 2.45) is 0 Å². The van der Waals surface area contributed by atoms with Crippen LogP contribution in [0.1, 0.15) is 35.2 Å². The molecule has 3 nitrogen and oxygen atoms in total. The second kappa shape index (κ2) is 5.63. The first-order valence-electron chi connectivity index (χ1n) is 6.27. The summed E-state index contributed by atoms with van der Waals surface area (Å²) in [7, 11) is 0. The van der Waals surface area contributed by atoms with Gasteiger partial charge in [-0.15, -0.1) is 6.58 Å². The third kappa shape index (κ3) is 2.50. The Labute approximate surface area is 107 Å². The Morgan fingerprint density at radius 3 is 2.78 bits per heavy atom. The van der Waals surface area contributed by atoms with E-state index >= 15 is 0 Å². The summed E-state index contributed by atoms with van der Waals surface area (Å²) >= 11 is 0. The Morgan fingerprint density at radius 1 is 1.22 bits per heavy atom. The quantitative estimate of drug-likeness (QED) is 0.453. The second-order valence-corrected chi connectivity index (χ2v) is 4.47. The van der Waals surface area contributed by atoms with Crippen molar-refractivity contribution in [1.29, 1.82) is 0 Å². The van der Waals surface area contributed by atoms with Gasteiger partial charge in [-0.25, -0.2) is 0 Å². The lowest BCUT2D eigenvalue weighted by atomic mass is 9.98. The van der Waals surface area contributed by atoms with Gasteiger partial charge >= 0.3 is 0 Å². The van der Waals surface area contributed by atoms with Gasteiger partial charge in [-0.1, -0.05) is 24.3 Å². The predicted octanol–water partition coefficient (Wildman–Crippen LogP) is 2.57. The number of allylic oxidation sites excluding steroid dienone is 1. The number of hydrogen-bond donors (Lipinski definition) is 0. The van der Waals surface area contributed by atoms with Gasteiger partial charge in [0, 0.05) is 12.1 Å². The molecule has 0 aromatic heterocycles. The molecule has 18 heavy (non-hydrogen) atoms. The topological polar surface area (TPSA) is 37.4 Å². The first kappa shape index (κ1) is 12.6. The van der Waals surface area contributed by atoms with Gasteiger partial charge in [0.1, 0.15) is 0 Å². The van der Waals surface area contributed by atoms with Crippen LogP contribution in [0.4, 0.5) is 0 Å². The fourth-order valence-electron chi connectivity index (χ4n) is 2.18. The van der Waals surface area contributed by atoms with Crippen molar-refractivity contribution in [3.8, 4) is 0 Å². The Balaban J connectivity index is 2.07. The molecule has 0 atom stereocenters. The number of unbranched alkanes of at least 4 members (excludes halogenated alkanes) is 2. The number of fused-ring (bicyclic) bond motifs is 1. The van der Waals surface area contributed by atoms with E-state index in [1.165, 1.54) is 4.90 Å². The lowest BCUT2D eigenvalue weighted by molar-refractivity contribution is -0.128. The van der Waals surface area contributed by atoms with Crippen molar-refractivity contribution in [3.63, 3.8) is 0 Å². The summed E-state index contributed by atoms with van der Waals surface area (Å²) in [6.45, 7) is 4.17. The van der Waals surface area contributed by atoms with Crippen LogP contribution in [0.15, 0.2) is 36.9 Å². The number of carbonyl (C=O) groups excluding carboxylic acids is 2. The van der Waals surface area contributed by atoms with Crippen LogP contribution in [-0.4, -0.2) is 23.3 Å². The first-order valence-corrected chi connectivity index (χ1v) is 6.27. The van der Waals surface area contributed by atoms with Crippen LogP contribution in [0, 0.1) is 0 Å². The number of hydrogen-bond acceptors (Lipinski definition) is 2. The highest BCUT2D eigenvalue weighted by Crippen LogP contribution is 2.19. The summed E-state index contributed by atoms with van der Waals surface area (Å²) in [6, 6.07) is 7.34. The highest BCUT2D eigenvalue weighted by molar-refractivity contribution is 6.09. The highest BCUT2D eigenvalue weighted by atomic mass is 16.2. The van der Waals surface area contributed by atoms with E-state index in [4.69, 9.17) is 0 Å². The normalized spacial score (nSPS) is 14.6. The molecule has 0 N–H and O–H groups in total. The molecule has 1 aromatic rings. The van der Waals surface area contributed by atoms with Crippen LogP contribution in [-0.2, 0) is 11.2 Å². The third-order valence-corrected chi connectivity index (χ3v) is 3.18. The number of nitrogens with zero attached hydrogens (tertiary/aromatic N) is 1. The van der Waals surface area contributed by atoms with E-state index in [0.29, 0.717) is 18.5 Å². The maximum atomic E-state index is 12.2. The fourth-order valence-corrected chi connectivity index (χ4v) is 2.18. The molecule has 1 heterocycles. The molecule has 94 valence electrons. The van der Waals surface area contributed by atoms with Crippen LogP contribution in [0.3, 0.4) is 0 Å². The van der Waals surface area contributed by atoms with E-state index in [2.05, 4.69) is 6.58 Å². The molecule has 0 saturated carbocycles. The Morgan fingerprint density at radius 2 is 2.00 bits per heavy atom. The maximum Gasteiger partial charge on any atom is 0.260 e. The lowest BCUT2D eigenvalue weighted by Crippen LogP contribution is -2.42. The molecule has 1 aliphatic heterocycles. The molecular weight excluding hydrogens is 226 g/mol. The van der Waals surface area contributed by atoms with Gasteiger partial charge in [0.2, 0.25) is 5.91 Å². The number of amides is 2. The molecule has 3 heteroatoms. The zero-order valence-corrected chi connectivity index (χ0v) is 10.4. The molecule has 0 fully saturated rings. The van der Waals surface area contributed by atoms with Gasteiger partial charge in [0.15, 0.2) is 0 Å². The van der Waals surface area contributed by atoms with E-state index in [1.54, 1.807) is 6.07 Å². The first-order chi connectivity index (χ1) is 8.74. The van der Waals surface area contributed by atoms with Crippen LogP contribution in [0.2, 0.25) is 0 Å². The van der Waals surface area contributed by atoms with Crippen LogP contribution < -0.4 is 0 Å². The van der Waals surface area contributed by atoms with Gasteiger partial charge < -0.3 is 0 Å². The molecule has 1 aromatic carbocycles. The second-order valence-electron chi connectivity index (χ2n) is 4.47. The Hall–Kier alpha value is -1.90. The molecular formula is C15H17NO2. The van der Waals surface area contributed by atoms with E-state index < -0.39 is 0 Å². The van der Waals surface area contributed by atoms with Crippen molar-refractivity contribution in [2.75, 3.05) is 6.54 Å². The zero-order valence-electron chi connectivity index (χ0n) is 10.4. The number of benzene rings is 1. The van der Waals surface area contributed by atoms with Gasteiger partial charge in [-0.05, 0) is 30.9 Å². The summed E-state index contributed by atoms with van der Waals surface area (Å²) < 4.78 is 0. The molecule has 2 rings (SSSR count). The SMILES string of the molecule is C=CCCCCN1C(=O)Cc2ccccc2C1=O. The van der Waals surface area contributed by atoms with E-state index in [9.17, 15) is 9.59 Å². The molecule has 0 aliphatic carbocycles. The standard InChI is InChI=1S/C15H17NO2/c1-2-3-4-7-10-16-14(17)11-12-8-5-6-9-13(12)15(16)18/h2,5-6,8-9H,1,3-4,7,10-11H2. The van der Waals surface area contributed by atoms with Crippen molar-refractivity contribution in [1.82, 2.24) is 4.90 Å². The minimum atomic E-state index is -0.152. The minimum absolute atomic E-state index is 0.0858. The number of imide groups is 1. The molecule has 2 amide bonds. The Bertz CT molecular complexity index is 479. The molecule has 0 unspecified atom stereocenters. The van der Waals surface area contributed by atoms with Gasteiger partial charge in [-0.2, -0.15) is 0 Å². The van der Waals surface area contributed by atoms with Crippen LogP contribution >= 0.6 is 0 Å². The molecule has 0 spiro atoms. The van der Waals surface area contributed by atoms with Crippen molar-refractivity contribution in [3.05, 3.63) is 48.0 Å². The predicted molar refractivity (Wildman–Crippen MR) is 70.2 cm³/mol. The van der Waals surface area contributed by atoms with Crippen molar-refractivity contribution in [2.45, 2.75) is 25.7 Å². The zero-order chi connectivity index (χ0) is 13.0. The summed E-state index contributed by atoms with van der Waals surface area (Å²) in [5.74, 6) is -0.238. The van der Waals surface area contributed by atoms with Crippen molar-refractivity contribution < 1.29 is 9.59 Å². The average molecular weight is 243 g/mol. The summed E-state index contributed by atoms with van der Waals surface area (Å²) in [5, 5.41) is 0. The Kier molecular flexibility index (Phi) is 3.92. The van der Waals surface area contributed by atoms with Crippen molar-refractivity contribution >= 4 is 11.8 Å². The summed E-state index contributed by atoms with van der Waals surface area (Å²) in [6.07, 6.45) is 4.92. The largest absolute Gasteiger partial charge is 0.278 e. The molecule has 0 radical (unpaired) electrons. The minimum Gasteiger partial charge on any atom is -0.278 e. The summed E-state index contributed by atoms with van der Waals surface area (Å²) in [5.41, 5.74) is 1.51. The third-order valence-electron chi connectivity index (χ3n) is 3.18. The number of carbonyl (C=O) groups is 2. The molecule has 1 aliphatic rings. The van der Waals surface area contributed by atoms with E-state index in [-0.39, 0.29) is 11.8 Å². The average Bonchev–Trinajstić information content (AvgIpc) is 2.38. The maximum absolute atomic E-state index is 12.2. The fraction of sp³-hybridized carbons (Fsp3) is 0.333.